The maximum atomic E-state index is 13.7. The molecular weight excluding hydrogens is 405 g/mol. The van der Waals surface area contributed by atoms with E-state index in [1.54, 1.807) is 18.2 Å². The van der Waals surface area contributed by atoms with Gasteiger partial charge in [-0.15, -0.1) is 0 Å². The van der Waals surface area contributed by atoms with E-state index in [1.165, 1.54) is 26.2 Å². The Labute approximate surface area is 166 Å². The summed E-state index contributed by atoms with van der Waals surface area (Å²) in [6, 6.07) is 6.95. The fraction of sp³-hybridized carbons (Fsp3) is 0.263. The number of carbonyl (C=O) groups excluding carboxylic acids is 1. The Kier molecular flexibility index (Phi) is 4.60. The highest BCUT2D eigenvalue weighted by molar-refractivity contribution is 5.81. The SMILES string of the molecule is COC(=O)[C@@H]1COC(=c2c(C)nc3c(-c4ccccc4)c(C(F)(F)F)nn3c2=O)N1. The molecule has 2 aromatic heterocycles. The van der Waals surface area contributed by atoms with Gasteiger partial charge in [-0.2, -0.15) is 22.8 Å². The van der Waals surface area contributed by atoms with Crippen LogP contribution in [0.15, 0.2) is 35.1 Å². The van der Waals surface area contributed by atoms with Crippen LogP contribution in [0.2, 0.25) is 0 Å². The number of fused-ring (bicyclic) bond motifs is 1. The standard InChI is InChI=1S/C19H15F3N4O4/c1-9-12(16-24-11(8-30-16)18(28)29-2)17(27)26-15(23-9)13(10-6-4-3-5-7-10)14(25-26)19(20,21)22/h3-7,11,24H,8H2,1-2H3/t11-/m0/s1. The van der Waals surface area contributed by atoms with Crippen molar-refractivity contribution in [3.8, 4) is 11.1 Å². The first-order valence-electron chi connectivity index (χ1n) is 8.79. The molecule has 30 heavy (non-hydrogen) atoms. The lowest BCUT2D eigenvalue weighted by Crippen LogP contribution is -2.41. The summed E-state index contributed by atoms with van der Waals surface area (Å²) in [4.78, 5) is 28.9. The van der Waals surface area contributed by atoms with Crippen molar-refractivity contribution in [2.45, 2.75) is 19.1 Å². The molecule has 3 heterocycles. The van der Waals surface area contributed by atoms with Gasteiger partial charge >= 0.3 is 12.1 Å². The molecular formula is C19H15F3N4O4. The molecule has 0 aliphatic carbocycles. The molecule has 0 unspecified atom stereocenters. The largest absolute Gasteiger partial charge is 0.476 e. The highest BCUT2D eigenvalue weighted by atomic mass is 19.4. The zero-order chi connectivity index (χ0) is 21.6. The zero-order valence-electron chi connectivity index (χ0n) is 15.8. The van der Waals surface area contributed by atoms with Crippen LogP contribution < -0.4 is 16.1 Å². The van der Waals surface area contributed by atoms with Gasteiger partial charge in [-0.25, -0.2) is 9.78 Å². The second kappa shape index (κ2) is 7.01. The topological polar surface area (TPSA) is 94.8 Å². The van der Waals surface area contributed by atoms with Gasteiger partial charge in [-0.05, 0) is 12.5 Å². The van der Waals surface area contributed by atoms with Gasteiger partial charge in [-0.3, -0.25) is 4.79 Å². The highest BCUT2D eigenvalue weighted by Crippen LogP contribution is 2.37. The number of esters is 1. The Morgan fingerprint density at radius 3 is 2.63 bits per heavy atom. The number of aromatic nitrogens is 3. The smallest absolute Gasteiger partial charge is 0.435 e. The lowest BCUT2D eigenvalue weighted by Gasteiger charge is -2.06. The molecule has 0 bridgehead atoms. The highest BCUT2D eigenvalue weighted by Gasteiger charge is 2.39. The predicted octanol–water partition coefficient (Wildman–Crippen LogP) is 1.03. The van der Waals surface area contributed by atoms with Crippen LogP contribution in [0.1, 0.15) is 11.4 Å². The summed E-state index contributed by atoms with van der Waals surface area (Å²) >= 11 is 0. The van der Waals surface area contributed by atoms with Gasteiger partial charge < -0.3 is 14.8 Å². The van der Waals surface area contributed by atoms with E-state index >= 15 is 0 Å². The number of methoxy groups -OCH3 is 1. The third-order valence-electron chi connectivity index (χ3n) is 4.65. The number of hydrogen-bond acceptors (Lipinski definition) is 7. The fourth-order valence-electron chi connectivity index (χ4n) is 3.28. The van der Waals surface area contributed by atoms with Crippen molar-refractivity contribution in [1.29, 1.82) is 0 Å². The van der Waals surface area contributed by atoms with E-state index in [-0.39, 0.29) is 40.2 Å². The fourth-order valence-corrected chi connectivity index (χ4v) is 3.28. The molecule has 1 fully saturated rings. The number of nitrogens with zero attached hydrogens (tertiary/aromatic N) is 3. The molecule has 1 aliphatic rings. The molecule has 0 radical (unpaired) electrons. The van der Waals surface area contributed by atoms with E-state index < -0.39 is 29.4 Å². The lowest BCUT2D eigenvalue weighted by molar-refractivity contribution is -0.143. The Bertz CT molecular complexity index is 1250. The van der Waals surface area contributed by atoms with Crippen molar-refractivity contribution in [2.24, 2.45) is 0 Å². The van der Waals surface area contributed by atoms with E-state index in [4.69, 9.17) is 4.74 Å². The minimum atomic E-state index is -4.80. The Morgan fingerprint density at radius 2 is 2.00 bits per heavy atom. The summed E-state index contributed by atoms with van der Waals surface area (Å²) in [7, 11) is 1.20. The van der Waals surface area contributed by atoms with E-state index in [0.29, 0.717) is 4.52 Å². The number of aryl methyl sites for hydroxylation is 1. The molecule has 0 amide bonds. The molecule has 0 saturated carbocycles. The lowest BCUT2D eigenvalue weighted by atomic mass is 10.1. The first kappa shape index (κ1) is 19.7. The van der Waals surface area contributed by atoms with Gasteiger partial charge in [0.2, 0.25) is 5.88 Å². The maximum Gasteiger partial charge on any atom is 0.435 e. The number of alkyl halides is 3. The van der Waals surface area contributed by atoms with Crippen LogP contribution >= 0.6 is 0 Å². The maximum absolute atomic E-state index is 13.7. The van der Waals surface area contributed by atoms with Crippen molar-refractivity contribution < 1.29 is 27.4 Å². The zero-order valence-corrected chi connectivity index (χ0v) is 15.8. The number of nitrogens with one attached hydrogen (secondary N) is 1. The number of halogens is 3. The molecule has 0 spiro atoms. The molecule has 1 atom stereocenters. The van der Waals surface area contributed by atoms with Gasteiger partial charge in [0.25, 0.3) is 5.56 Å². The molecule has 1 N–H and O–H groups in total. The van der Waals surface area contributed by atoms with Crippen LogP contribution in [0, 0.1) is 6.92 Å². The number of hydrogen-bond donors (Lipinski definition) is 1. The van der Waals surface area contributed by atoms with Crippen molar-refractivity contribution >= 4 is 17.5 Å². The van der Waals surface area contributed by atoms with Crippen LogP contribution in [0.3, 0.4) is 0 Å². The van der Waals surface area contributed by atoms with E-state index in [0.717, 1.165) is 0 Å². The minimum Gasteiger partial charge on any atom is -0.476 e. The second-order valence-corrected chi connectivity index (χ2v) is 6.56. The monoisotopic (exact) mass is 420 g/mol. The molecule has 3 aromatic rings. The van der Waals surface area contributed by atoms with E-state index in [1.807, 2.05) is 0 Å². The third-order valence-corrected chi connectivity index (χ3v) is 4.65. The van der Waals surface area contributed by atoms with Crippen LogP contribution in [0.25, 0.3) is 22.7 Å². The van der Waals surface area contributed by atoms with Crippen LogP contribution in [-0.4, -0.2) is 40.3 Å². The number of rotatable bonds is 2. The van der Waals surface area contributed by atoms with Crippen molar-refractivity contribution in [3.63, 3.8) is 0 Å². The summed E-state index contributed by atoms with van der Waals surface area (Å²) in [5, 5.41) is 6.13. The van der Waals surface area contributed by atoms with Gasteiger partial charge in [0.05, 0.1) is 18.4 Å². The number of carbonyl (C=O) groups is 1. The molecule has 8 nitrogen and oxygen atoms in total. The average Bonchev–Trinajstić information content (AvgIpc) is 3.33. The molecule has 156 valence electrons. The Morgan fingerprint density at radius 1 is 1.30 bits per heavy atom. The third kappa shape index (κ3) is 3.11. The quantitative estimate of drug-likeness (QED) is 0.619. The average molecular weight is 420 g/mol. The molecule has 1 aliphatic heterocycles. The van der Waals surface area contributed by atoms with Crippen LogP contribution in [0.4, 0.5) is 13.2 Å². The van der Waals surface area contributed by atoms with Gasteiger partial charge in [0.15, 0.2) is 17.4 Å². The Hall–Kier alpha value is -3.63. The molecule has 1 saturated heterocycles. The molecule has 11 heteroatoms. The first-order chi connectivity index (χ1) is 14.2. The first-order valence-corrected chi connectivity index (χ1v) is 8.79. The molecule has 1 aromatic carbocycles. The summed E-state index contributed by atoms with van der Waals surface area (Å²) in [6.45, 7) is 1.37. The van der Waals surface area contributed by atoms with Crippen molar-refractivity contribution in [1.82, 2.24) is 19.9 Å². The van der Waals surface area contributed by atoms with Gasteiger partial charge in [-0.1, -0.05) is 30.3 Å². The minimum absolute atomic E-state index is 0.0624. The van der Waals surface area contributed by atoms with Crippen molar-refractivity contribution in [3.05, 3.63) is 57.3 Å². The molecule has 4 rings (SSSR count). The van der Waals surface area contributed by atoms with Crippen LogP contribution in [0.5, 0.6) is 0 Å². The second-order valence-electron chi connectivity index (χ2n) is 6.56. The normalized spacial score (nSPS) is 18.2. The predicted molar refractivity (Wildman–Crippen MR) is 97.9 cm³/mol. The van der Waals surface area contributed by atoms with E-state index in [9.17, 15) is 22.8 Å². The number of ether oxygens (including phenoxy) is 2. The summed E-state index contributed by atoms with van der Waals surface area (Å²) < 4.78 is 51.7. The van der Waals surface area contributed by atoms with Gasteiger partial charge in [0, 0.05) is 0 Å². The Balaban J connectivity index is 2.01. The number of benzene rings is 1. The van der Waals surface area contributed by atoms with Crippen LogP contribution in [-0.2, 0) is 20.4 Å². The summed E-state index contributed by atoms with van der Waals surface area (Å²) in [5.41, 5.74) is -2.21. The van der Waals surface area contributed by atoms with Gasteiger partial charge in [0.1, 0.15) is 11.8 Å². The van der Waals surface area contributed by atoms with E-state index in [2.05, 4.69) is 20.1 Å². The summed E-state index contributed by atoms with van der Waals surface area (Å²) in [6.07, 6.45) is -4.80. The van der Waals surface area contributed by atoms with Crippen molar-refractivity contribution in [2.75, 3.05) is 13.7 Å². The summed E-state index contributed by atoms with van der Waals surface area (Å²) in [5.74, 6) is -0.665.